The van der Waals surface area contributed by atoms with Crippen LogP contribution in [0.15, 0.2) is 41.3 Å². The molecule has 0 aliphatic rings. The van der Waals surface area contributed by atoms with Gasteiger partial charge < -0.3 is 15.7 Å². The number of aliphatic carboxylic acids is 1. The molecule has 1 aromatic heterocycles. The normalized spacial score (nSPS) is 11.3. The van der Waals surface area contributed by atoms with Crippen LogP contribution in [0, 0.1) is 0 Å². The highest BCUT2D eigenvalue weighted by atomic mass is 35.5. The molecule has 140 valence electrons. The van der Waals surface area contributed by atoms with Gasteiger partial charge in [0.2, 0.25) is 17.2 Å². The third kappa shape index (κ3) is 4.39. The molecule has 0 bridgehead atoms. The molecule has 4 N–H and O–H groups in total. The van der Waals surface area contributed by atoms with Crippen LogP contribution in [0.2, 0.25) is 5.28 Å². The smallest absolute Gasteiger partial charge is 0.322 e. The summed E-state index contributed by atoms with van der Waals surface area (Å²) in [6, 6.07) is 9.70. The minimum Gasteiger partial charge on any atom is -0.480 e. The molecule has 0 atom stereocenters. The van der Waals surface area contributed by atoms with Crippen LogP contribution in [0.5, 0.6) is 0 Å². The number of carboxylic acids is 1. The number of nitrogens with zero attached hydrogens (tertiary/aromatic N) is 3. The molecule has 0 saturated carbocycles. The fraction of sp³-hybridized carbons (Fsp3) is 0.0667. The van der Waals surface area contributed by atoms with Crippen LogP contribution in [0.4, 0.5) is 17.6 Å². The van der Waals surface area contributed by atoms with E-state index in [2.05, 4.69) is 25.6 Å². The van der Waals surface area contributed by atoms with Gasteiger partial charge >= 0.3 is 5.97 Å². The standard InChI is InChI=1S/C15H12ClN5O5S/c16-13-19-14(17-7-11(22)23)21-15(20-13)18-10-6-5-8-3-1-2-4-9(8)12(10)27(24,25)26/h1-6H,7H2,(H,22,23)(H,24,25,26)(H2,17,18,19,20,21). The van der Waals surface area contributed by atoms with Gasteiger partial charge in [-0.25, -0.2) is 0 Å². The number of carbonyl (C=O) groups is 1. The molecule has 3 rings (SSSR count). The molecule has 10 nitrogen and oxygen atoms in total. The van der Waals surface area contributed by atoms with Crippen LogP contribution >= 0.6 is 11.6 Å². The van der Waals surface area contributed by atoms with Gasteiger partial charge in [-0.05, 0) is 23.1 Å². The van der Waals surface area contributed by atoms with Gasteiger partial charge in [0, 0.05) is 5.39 Å². The van der Waals surface area contributed by atoms with E-state index in [1.54, 1.807) is 30.3 Å². The molecule has 1 heterocycles. The molecule has 0 unspecified atom stereocenters. The lowest BCUT2D eigenvalue weighted by molar-refractivity contribution is -0.134. The summed E-state index contributed by atoms with van der Waals surface area (Å²) in [6.45, 7) is -0.452. The number of aromatic nitrogens is 3. The monoisotopic (exact) mass is 409 g/mol. The van der Waals surface area contributed by atoms with Gasteiger partial charge in [-0.2, -0.15) is 23.4 Å². The topological polar surface area (TPSA) is 154 Å². The van der Waals surface area contributed by atoms with Crippen LogP contribution in [0.25, 0.3) is 10.8 Å². The maximum atomic E-state index is 11.9. The predicted octanol–water partition coefficient (Wildman–Crippen LogP) is 2.16. The summed E-state index contributed by atoms with van der Waals surface area (Å²) in [5.41, 5.74) is 0.0163. The number of anilines is 3. The van der Waals surface area contributed by atoms with E-state index in [1.807, 2.05) is 0 Å². The lowest BCUT2D eigenvalue weighted by atomic mass is 10.1. The van der Waals surface area contributed by atoms with E-state index in [9.17, 15) is 17.8 Å². The Bertz CT molecular complexity index is 1140. The number of halogens is 1. The van der Waals surface area contributed by atoms with Crippen molar-refractivity contribution < 1.29 is 22.9 Å². The number of fused-ring (bicyclic) bond motifs is 1. The zero-order chi connectivity index (χ0) is 19.6. The molecule has 0 spiro atoms. The van der Waals surface area contributed by atoms with E-state index >= 15 is 0 Å². The molecular formula is C15H12ClN5O5S. The summed E-state index contributed by atoms with van der Waals surface area (Å²) in [5, 5.41) is 14.5. The van der Waals surface area contributed by atoms with Crippen molar-refractivity contribution in [2.45, 2.75) is 4.90 Å². The number of hydrogen-bond donors (Lipinski definition) is 4. The van der Waals surface area contributed by atoms with Gasteiger partial charge in [-0.15, -0.1) is 0 Å². The van der Waals surface area contributed by atoms with Crippen LogP contribution in [0.3, 0.4) is 0 Å². The van der Waals surface area contributed by atoms with Crippen molar-refractivity contribution in [1.29, 1.82) is 0 Å². The van der Waals surface area contributed by atoms with Crippen LogP contribution in [0.1, 0.15) is 0 Å². The molecule has 2 aromatic carbocycles. The molecule has 27 heavy (non-hydrogen) atoms. The van der Waals surface area contributed by atoms with E-state index in [0.29, 0.717) is 10.8 Å². The summed E-state index contributed by atoms with van der Waals surface area (Å²) in [6.07, 6.45) is 0. The first kappa shape index (κ1) is 18.8. The molecule has 12 heteroatoms. The summed E-state index contributed by atoms with van der Waals surface area (Å²) in [4.78, 5) is 21.8. The Hall–Kier alpha value is -3.02. The first-order valence-electron chi connectivity index (χ1n) is 7.37. The van der Waals surface area contributed by atoms with Gasteiger partial charge in [0.1, 0.15) is 11.4 Å². The van der Waals surface area contributed by atoms with Crippen molar-refractivity contribution in [3.05, 3.63) is 41.7 Å². The fourth-order valence-corrected chi connectivity index (χ4v) is 3.40. The van der Waals surface area contributed by atoms with Crippen molar-refractivity contribution in [3.8, 4) is 0 Å². The molecule has 0 aliphatic carbocycles. The van der Waals surface area contributed by atoms with Gasteiger partial charge in [0.25, 0.3) is 10.1 Å². The quantitative estimate of drug-likeness (QED) is 0.445. The Labute approximate surface area is 158 Å². The molecule has 0 saturated heterocycles. The average molecular weight is 410 g/mol. The minimum atomic E-state index is -4.58. The number of hydrogen-bond acceptors (Lipinski definition) is 8. The highest BCUT2D eigenvalue weighted by Crippen LogP contribution is 2.31. The van der Waals surface area contributed by atoms with Crippen LogP contribution < -0.4 is 10.6 Å². The van der Waals surface area contributed by atoms with E-state index in [1.165, 1.54) is 6.07 Å². The third-order valence-electron chi connectivity index (χ3n) is 3.39. The zero-order valence-corrected chi connectivity index (χ0v) is 15.0. The number of carboxylic acid groups (broad SMARTS) is 1. The Morgan fingerprint density at radius 1 is 1.07 bits per heavy atom. The second-order valence-electron chi connectivity index (χ2n) is 5.26. The van der Waals surface area contributed by atoms with E-state index in [4.69, 9.17) is 16.7 Å². The predicted molar refractivity (Wildman–Crippen MR) is 98.0 cm³/mol. The second-order valence-corrected chi connectivity index (χ2v) is 6.96. The summed E-state index contributed by atoms with van der Waals surface area (Å²) in [7, 11) is -4.58. The molecule has 0 amide bonds. The maximum Gasteiger partial charge on any atom is 0.322 e. The zero-order valence-electron chi connectivity index (χ0n) is 13.4. The Morgan fingerprint density at radius 3 is 2.48 bits per heavy atom. The number of benzene rings is 2. The first-order valence-corrected chi connectivity index (χ1v) is 9.19. The Balaban J connectivity index is 2.06. The number of rotatable bonds is 6. The fourth-order valence-electron chi connectivity index (χ4n) is 2.38. The van der Waals surface area contributed by atoms with E-state index < -0.39 is 22.6 Å². The van der Waals surface area contributed by atoms with Gasteiger partial charge in [-0.3, -0.25) is 9.35 Å². The van der Waals surface area contributed by atoms with Crippen LogP contribution in [-0.2, 0) is 14.9 Å². The average Bonchev–Trinajstić information content (AvgIpc) is 2.58. The van der Waals surface area contributed by atoms with Gasteiger partial charge in [0.15, 0.2) is 0 Å². The second kappa shape index (κ2) is 7.31. The molecular weight excluding hydrogens is 398 g/mol. The summed E-state index contributed by atoms with van der Waals surface area (Å²) < 4.78 is 33.5. The maximum absolute atomic E-state index is 11.9. The van der Waals surface area contributed by atoms with Gasteiger partial charge in [0.05, 0.1) is 5.69 Å². The summed E-state index contributed by atoms with van der Waals surface area (Å²) >= 11 is 5.80. The highest BCUT2D eigenvalue weighted by Gasteiger charge is 2.20. The molecule has 0 aliphatic heterocycles. The lowest BCUT2D eigenvalue weighted by Gasteiger charge is -2.12. The Kier molecular flexibility index (Phi) is 5.08. The third-order valence-corrected chi connectivity index (χ3v) is 4.51. The van der Waals surface area contributed by atoms with Crippen molar-refractivity contribution in [2.24, 2.45) is 0 Å². The Morgan fingerprint density at radius 2 is 1.78 bits per heavy atom. The minimum absolute atomic E-state index is 0.0163. The molecule has 3 aromatic rings. The van der Waals surface area contributed by atoms with E-state index in [-0.39, 0.29) is 27.8 Å². The van der Waals surface area contributed by atoms with E-state index in [0.717, 1.165) is 0 Å². The summed E-state index contributed by atoms with van der Waals surface area (Å²) in [5.74, 6) is -1.39. The lowest BCUT2D eigenvalue weighted by Crippen LogP contribution is -2.15. The van der Waals surface area contributed by atoms with Gasteiger partial charge in [-0.1, -0.05) is 30.3 Å². The van der Waals surface area contributed by atoms with Crippen molar-refractivity contribution >= 4 is 56.0 Å². The highest BCUT2D eigenvalue weighted by molar-refractivity contribution is 7.86. The van der Waals surface area contributed by atoms with Crippen molar-refractivity contribution in [3.63, 3.8) is 0 Å². The SMILES string of the molecule is O=C(O)CNc1nc(Cl)nc(Nc2ccc3ccccc3c2S(=O)(=O)O)n1. The number of nitrogens with one attached hydrogen (secondary N) is 2. The van der Waals surface area contributed by atoms with Crippen LogP contribution in [-0.4, -0.2) is 45.5 Å². The molecule has 0 fully saturated rings. The van der Waals surface area contributed by atoms with Crippen molar-refractivity contribution in [2.75, 3.05) is 17.2 Å². The molecule has 0 radical (unpaired) electrons. The largest absolute Gasteiger partial charge is 0.480 e. The first-order chi connectivity index (χ1) is 12.7. The van der Waals surface area contributed by atoms with Crippen molar-refractivity contribution in [1.82, 2.24) is 15.0 Å².